The van der Waals surface area contributed by atoms with Crippen LogP contribution in [0.5, 0.6) is 0 Å². The van der Waals surface area contributed by atoms with Crippen LogP contribution >= 0.6 is 22.6 Å². The summed E-state index contributed by atoms with van der Waals surface area (Å²) < 4.78 is 1.33. The Morgan fingerprint density at radius 1 is 1.35 bits per heavy atom. The Kier molecular flexibility index (Phi) is 4.47. The maximum atomic E-state index is 3.59. The van der Waals surface area contributed by atoms with Crippen molar-refractivity contribution in [2.24, 2.45) is 5.41 Å². The van der Waals surface area contributed by atoms with Gasteiger partial charge in [-0.25, -0.2) is 0 Å². The molecule has 1 aromatic carbocycles. The van der Waals surface area contributed by atoms with Gasteiger partial charge < -0.3 is 5.32 Å². The molecule has 1 saturated carbocycles. The van der Waals surface area contributed by atoms with Crippen molar-refractivity contribution in [1.82, 2.24) is 5.32 Å². The number of rotatable bonds is 4. The molecule has 17 heavy (non-hydrogen) atoms. The van der Waals surface area contributed by atoms with Crippen LogP contribution in [0.1, 0.15) is 38.7 Å². The molecule has 1 aliphatic carbocycles. The summed E-state index contributed by atoms with van der Waals surface area (Å²) in [6, 6.07) is 9.75. The van der Waals surface area contributed by atoms with E-state index in [0.29, 0.717) is 5.41 Å². The second-order valence-electron chi connectivity index (χ2n) is 5.61. The molecule has 2 rings (SSSR count). The summed E-state index contributed by atoms with van der Waals surface area (Å²) in [6.07, 6.45) is 5.25. The third kappa shape index (κ3) is 3.68. The van der Waals surface area contributed by atoms with Crippen LogP contribution < -0.4 is 5.32 Å². The minimum absolute atomic E-state index is 0.500. The molecule has 0 aromatic heterocycles. The van der Waals surface area contributed by atoms with Crippen LogP contribution in [-0.4, -0.2) is 12.6 Å². The highest BCUT2D eigenvalue weighted by molar-refractivity contribution is 14.1. The Balaban J connectivity index is 1.96. The van der Waals surface area contributed by atoms with Crippen LogP contribution in [0, 0.1) is 8.99 Å². The van der Waals surface area contributed by atoms with Crippen LogP contribution in [-0.2, 0) is 6.42 Å². The zero-order chi connectivity index (χ0) is 12.3. The van der Waals surface area contributed by atoms with Crippen molar-refractivity contribution in [3.63, 3.8) is 0 Å². The second kappa shape index (κ2) is 5.70. The van der Waals surface area contributed by atoms with E-state index < -0.39 is 0 Å². The Morgan fingerprint density at radius 2 is 2.06 bits per heavy atom. The van der Waals surface area contributed by atoms with E-state index in [1.165, 1.54) is 34.8 Å². The number of hydrogen-bond acceptors (Lipinski definition) is 1. The molecule has 2 atom stereocenters. The van der Waals surface area contributed by atoms with Gasteiger partial charge in [0.1, 0.15) is 0 Å². The van der Waals surface area contributed by atoms with E-state index in [-0.39, 0.29) is 0 Å². The molecule has 0 radical (unpaired) electrons. The standard InChI is InChI=1S/C15H22IN/c1-3-17-14-8-9-15(2,11-14)10-12-4-6-13(16)7-5-12/h4-7,14,17H,3,8-11H2,1-2H3. The quantitative estimate of drug-likeness (QED) is 0.815. The first-order valence-corrected chi connectivity index (χ1v) is 7.67. The molecule has 0 heterocycles. The molecule has 94 valence electrons. The first-order chi connectivity index (χ1) is 8.11. The van der Waals surface area contributed by atoms with Gasteiger partial charge in [0.05, 0.1) is 0 Å². The Labute approximate surface area is 119 Å². The van der Waals surface area contributed by atoms with E-state index in [0.717, 1.165) is 12.6 Å². The Bertz CT molecular complexity index is 360. The SMILES string of the molecule is CCNC1CCC(C)(Cc2ccc(I)cc2)C1. The summed E-state index contributed by atoms with van der Waals surface area (Å²) in [4.78, 5) is 0. The van der Waals surface area contributed by atoms with Gasteiger partial charge in [-0.1, -0.05) is 26.0 Å². The average molecular weight is 343 g/mol. The van der Waals surface area contributed by atoms with Gasteiger partial charge in [0.15, 0.2) is 0 Å². The fourth-order valence-corrected chi connectivity index (χ4v) is 3.40. The molecule has 0 spiro atoms. The van der Waals surface area contributed by atoms with Gasteiger partial charge in [-0.05, 0) is 77.9 Å². The van der Waals surface area contributed by atoms with E-state index in [1.54, 1.807) is 0 Å². The minimum Gasteiger partial charge on any atom is -0.314 e. The van der Waals surface area contributed by atoms with Crippen molar-refractivity contribution in [2.75, 3.05) is 6.54 Å². The van der Waals surface area contributed by atoms with Crippen molar-refractivity contribution in [3.05, 3.63) is 33.4 Å². The lowest BCUT2D eigenvalue weighted by atomic mass is 9.82. The summed E-state index contributed by atoms with van der Waals surface area (Å²) in [5.41, 5.74) is 1.99. The third-order valence-electron chi connectivity index (χ3n) is 3.87. The van der Waals surface area contributed by atoms with Crippen LogP contribution in [0.25, 0.3) is 0 Å². The van der Waals surface area contributed by atoms with Crippen molar-refractivity contribution < 1.29 is 0 Å². The van der Waals surface area contributed by atoms with Crippen molar-refractivity contribution >= 4 is 22.6 Å². The van der Waals surface area contributed by atoms with Crippen molar-refractivity contribution in [2.45, 2.75) is 45.6 Å². The van der Waals surface area contributed by atoms with Crippen LogP contribution in [0.2, 0.25) is 0 Å². The molecule has 1 aromatic rings. The van der Waals surface area contributed by atoms with E-state index >= 15 is 0 Å². The fraction of sp³-hybridized carbons (Fsp3) is 0.600. The van der Waals surface area contributed by atoms with Crippen LogP contribution in [0.4, 0.5) is 0 Å². The maximum absolute atomic E-state index is 3.59. The van der Waals surface area contributed by atoms with Gasteiger partial charge in [-0.2, -0.15) is 0 Å². The van der Waals surface area contributed by atoms with Gasteiger partial charge in [-0.3, -0.25) is 0 Å². The summed E-state index contributed by atoms with van der Waals surface area (Å²) in [5.74, 6) is 0. The molecule has 1 N–H and O–H groups in total. The molecule has 1 fully saturated rings. The van der Waals surface area contributed by atoms with Gasteiger partial charge in [0.25, 0.3) is 0 Å². The molecular formula is C15H22IN. The molecule has 1 nitrogen and oxygen atoms in total. The highest BCUT2D eigenvalue weighted by Gasteiger charge is 2.34. The van der Waals surface area contributed by atoms with Crippen LogP contribution in [0.15, 0.2) is 24.3 Å². The summed E-state index contributed by atoms with van der Waals surface area (Å²) in [7, 11) is 0. The van der Waals surface area contributed by atoms with Crippen molar-refractivity contribution in [1.29, 1.82) is 0 Å². The normalized spacial score (nSPS) is 28.5. The van der Waals surface area contributed by atoms with E-state index in [4.69, 9.17) is 0 Å². The lowest BCUT2D eigenvalue weighted by molar-refractivity contribution is 0.322. The average Bonchev–Trinajstić information content (AvgIpc) is 2.64. The summed E-state index contributed by atoms with van der Waals surface area (Å²) >= 11 is 2.37. The first kappa shape index (κ1) is 13.3. The Morgan fingerprint density at radius 3 is 2.71 bits per heavy atom. The van der Waals surface area contributed by atoms with E-state index in [9.17, 15) is 0 Å². The number of halogens is 1. The monoisotopic (exact) mass is 343 g/mol. The molecule has 1 aliphatic rings. The number of nitrogens with one attached hydrogen (secondary N) is 1. The predicted molar refractivity (Wildman–Crippen MR) is 82.3 cm³/mol. The smallest absolute Gasteiger partial charge is 0.0130 e. The molecule has 2 unspecified atom stereocenters. The molecule has 0 aliphatic heterocycles. The molecular weight excluding hydrogens is 321 g/mol. The fourth-order valence-electron chi connectivity index (χ4n) is 3.04. The zero-order valence-corrected chi connectivity index (χ0v) is 13.0. The topological polar surface area (TPSA) is 12.0 Å². The minimum atomic E-state index is 0.500. The van der Waals surface area contributed by atoms with E-state index in [1.807, 2.05) is 0 Å². The predicted octanol–water partition coefficient (Wildman–Crippen LogP) is 4.00. The molecule has 0 amide bonds. The largest absolute Gasteiger partial charge is 0.314 e. The van der Waals surface area contributed by atoms with E-state index in [2.05, 4.69) is 66.0 Å². The zero-order valence-electron chi connectivity index (χ0n) is 10.8. The highest BCUT2D eigenvalue weighted by Crippen LogP contribution is 2.40. The van der Waals surface area contributed by atoms with Gasteiger partial charge in [-0.15, -0.1) is 0 Å². The summed E-state index contributed by atoms with van der Waals surface area (Å²) in [6.45, 7) is 5.75. The first-order valence-electron chi connectivity index (χ1n) is 6.59. The van der Waals surface area contributed by atoms with Gasteiger partial charge in [0, 0.05) is 9.61 Å². The number of benzene rings is 1. The molecule has 2 heteroatoms. The lowest BCUT2D eigenvalue weighted by Gasteiger charge is -2.24. The molecule has 0 saturated heterocycles. The van der Waals surface area contributed by atoms with Gasteiger partial charge in [0.2, 0.25) is 0 Å². The maximum Gasteiger partial charge on any atom is 0.0130 e. The highest BCUT2D eigenvalue weighted by atomic mass is 127. The van der Waals surface area contributed by atoms with Crippen molar-refractivity contribution in [3.8, 4) is 0 Å². The number of hydrogen-bond donors (Lipinski definition) is 1. The molecule has 0 bridgehead atoms. The second-order valence-corrected chi connectivity index (χ2v) is 6.86. The summed E-state index contributed by atoms with van der Waals surface area (Å²) in [5, 5.41) is 3.59. The Hall–Kier alpha value is -0.0900. The lowest BCUT2D eigenvalue weighted by Crippen LogP contribution is -2.28. The van der Waals surface area contributed by atoms with Crippen LogP contribution in [0.3, 0.4) is 0 Å². The van der Waals surface area contributed by atoms with Gasteiger partial charge >= 0.3 is 0 Å². The third-order valence-corrected chi connectivity index (χ3v) is 4.59.